The van der Waals surface area contributed by atoms with Crippen LogP contribution in [0.2, 0.25) is 0 Å². The van der Waals surface area contributed by atoms with Gasteiger partial charge in [0.15, 0.2) is 0 Å². The van der Waals surface area contributed by atoms with Crippen molar-refractivity contribution < 1.29 is 0 Å². The number of hydrogen-bond donors (Lipinski definition) is 1. The molecule has 0 unspecified atom stereocenters. The molecule has 0 amide bonds. The van der Waals surface area contributed by atoms with Gasteiger partial charge in [0, 0.05) is 12.0 Å². The van der Waals surface area contributed by atoms with Crippen LogP contribution in [0.1, 0.15) is 31.6 Å². The second-order valence-electron chi connectivity index (χ2n) is 3.47. The third kappa shape index (κ3) is 2.69. The summed E-state index contributed by atoms with van der Waals surface area (Å²) in [6.07, 6.45) is 0. The van der Waals surface area contributed by atoms with Crippen molar-refractivity contribution in [2.24, 2.45) is 5.73 Å². The molecule has 0 spiro atoms. The van der Waals surface area contributed by atoms with Crippen LogP contribution in [0.3, 0.4) is 0 Å². The molecule has 0 aliphatic rings. The van der Waals surface area contributed by atoms with E-state index in [0.29, 0.717) is 6.54 Å². The largest absolute Gasteiger partial charge is 0.324 e. The van der Waals surface area contributed by atoms with Crippen LogP contribution in [0.25, 0.3) is 0 Å². The highest BCUT2D eigenvalue weighted by Gasteiger charge is 2.18. The predicted octanol–water partition coefficient (Wildman–Crippen LogP) is 1.72. The minimum absolute atomic E-state index is 0. The van der Waals surface area contributed by atoms with Gasteiger partial charge in [-0.05, 0) is 11.5 Å². The summed E-state index contributed by atoms with van der Waals surface area (Å²) in [6, 6.07) is 0. The summed E-state index contributed by atoms with van der Waals surface area (Å²) < 4.78 is 4.21. The molecule has 1 aromatic heterocycles. The standard InChI is InChI=1S/C7H13N3S.ClH/c1-7(2,3)6-9-5(4-8)11-10-6;/h4,8H2,1-3H3;1H. The second-order valence-corrected chi connectivity index (χ2v) is 4.30. The number of nitrogens with two attached hydrogens (primary N) is 1. The monoisotopic (exact) mass is 207 g/mol. The van der Waals surface area contributed by atoms with Crippen LogP contribution in [0.15, 0.2) is 0 Å². The number of rotatable bonds is 1. The summed E-state index contributed by atoms with van der Waals surface area (Å²) in [5, 5.41) is 0.912. The Labute approximate surface area is 83.0 Å². The lowest BCUT2D eigenvalue weighted by molar-refractivity contribution is 0.553. The SMILES string of the molecule is CC(C)(C)c1nsc(CN)n1.Cl. The molecule has 0 aliphatic heterocycles. The van der Waals surface area contributed by atoms with E-state index in [9.17, 15) is 0 Å². The van der Waals surface area contributed by atoms with Gasteiger partial charge in [-0.1, -0.05) is 20.8 Å². The molecule has 0 fully saturated rings. The van der Waals surface area contributed by atoms with Gasteiger partial charge in [0.25, 0.3) is 0 Å². The molecule has 12 heavy (non-hydrogen) atoms. The zero-order valence-electron chi connectivity index (χ0n) is 7.50. The summed E-state index contributed by atoms with van der Waals surface area (Å²) in [4.78, 5) is 4.28. The Bertz CT molecular complexity index is 241. The van der Waals surface area contributed by atoms with Crippen LogP contribution >= 0.6 is 23.9 Å². The molecule has 70 valence electrons. The van der Waals surface area contributed by atoms with Gasteiger partial charge in [0.2, 0.25) is 0 Å². The second kappa shape index (κ2) is 4.16. The van der Waals surface area contributed by atoms with E-state index >= 15 is 0 Å². The number of hydrogen-bond acceptors (Lipinski definition) is 4. The molecule has 1 rings (SSSR count). The molecular weight excluding hydrogens is 194 g/mol. The maximum absolute atomic E-state index is 5.41. The molecule has 0 aromatic carbocycles. The predicted molar refractivity (Wildman–Crippen MR) is 53.7 cm³/mol. The van der Waals surface area contributed by atoms with Gasteiger partial charge in [0.05, 0.1) is 0 Å². The average molecular weight is 208 g/mol. The first kappa shape index (κ1) is 11.8. The van der Waals surface area contributed by atoms with Crippen molar-refractivity contribution in [1.82, 2.24) is 9.36 Å². The van der Waals surface area contributed by atoms with Crippen LogP contribution in [-0.4, -0.2) is 9.36 Å². The molecular formula is C7H14ClN3S. The van der Waals surface area contributed by atoms with Gasteiger partial charge in [-0.2, -0.15) is 4.37 Å². The molecule has 0 atom stereocenters. The van der Waals surface area contributed by atoms with E-state index in [1.54, 1.807) is 0 Å². The minimum atomic E-state index is 0. The fourth-order valence-corrected chi connectivity index (χ4v) is 1.35. The fourth-order valence-electron chi connectivity index (χ4n) is 0.642. The molecule has 1 heterocycles. The number of halogens is 1. The first-order valence-electron chi connectivity index (χ1n) is 3.57. The van der Waals surface area contributed by atoms with Crippen molar-refractivity contribution >= 4 is 23.9 Å². The van der Waals surface area contributed by atoms with E-state index in [1.165, 1.54) is 11.5 Å². The molecule has 1 aromatic rings. The van der Waals surface area contributed by atoms with Crippen LogP contribution in [0.5, 0.6) is 0 Å². The zero-order chi connectivity index (χ0) is 8.48. The van der Waals surface area contributed by atoms with E-state index < -0.39 is 0 Å². The number of aromatic nitrogens is 2. The lowest BCUT2D eigenvalue weighted by Gasteiger charge is -2.11. The Hall–Kier alpha value is -0.190. The van der Waals surface area contributed by atoms with Crippen molar-refractivity contribution in [1.29, 1.82) is 0 Å². The average Bonchev–Trinajstić information content (AvgIpc) is 2.32. The molecule has 0 aliphatic carbocycles. The molecule has 0 saturated carbocycles. The van der Waals surface area contributed by atoms with Crippen LogP contribution in [0.4, 0.5) is 0 Å². The minimum Gasteiger partial charge on any atom is -0.324 e. The third-order valence-electron chi connectivity index (χ3n) is 1.31. The summed E-state index contributed by atoms with van der Waals surface area (Å²) in [5.74, 6) is 0.892. The maximum atomic E-state index is 5.41. The van der Waals surface area contributed by atoms with Crippen LogP contribution in [-0.2, 0) is 12.0 Å². The van der Waals surface area contributed by atoms with E-state index in [0.717, 1.165) is 10.8 Å². The third-order valence-corrected chi connectivity index (χ3v) is 2.05. The molecule has 0 bridgehead atoms. The Morgan fingerprint density at radius 2 is 2.00 bits per heavy atom. The highest BCUT2D eigenvalue weighted by molar-refractivity contribution is 7.05. The van der Waals surface area contributed by atoms with Gasteiger partial charge in [-0.25, -0.2) is 4.98 Å². The number of nitrogens with zero attached hydrogens (tertiary/aromatic N) is 2. The van der Waals surface area contributed by atoms with Gasteiger partial charge in [0.1, 0.15) is 10.8 Å². The normalized spacial score (nSPS) is 11.0. The van der Waals surface area contributed by atoms with Gasteiger partial charge in [-0.3, -0.25) is 0 Å². The Kier molecular flexibility index (Phi) is 4.10. The zero-order valence-corrected chi connectivity index (χ0v) is 9.13. The summed E-state index contributed by atoms with van der Waals surface area (Å²) in [6.45, 7) is 6.77. The van der Waals surface area contributed by atoms with E-state index in [-0.39, 0.29) is 17.8 Å². The Morgan fingerprint density at radius 3 is 2.25 bits per heavy atom. The van der Waals surface area contributed by atoms with E-state index in [2.05, 4.69) is 30.1 Å². The summed E-state index contributed by atoms with van der Waals surface area (Å²) in [5.41, 5.74) is 5.46. The molecule has 5 heteroatoms. The first-order valence-corrected chi connectivity index (χ1v) is 4.34. The lowest BCUT2D eigenvalue weighted by Crippen LogP contribution is -2.13. The van der Waals surface area contributed by atoms with E-state index in [1.807, 2.05) is 0 Å². The molecule has 0 saturated heterocycles. The van der Waals surface area contributed by atoms with Crippen LogP contribution < -0.4 is 5.73 Å². The van der Waals surface area contributed by atoms with Gasteiger partial charge in [-0.15, -0.1) is 12.4 Å². The topological polar surface area (TPSA) is 51.8 Å². The molecule has 0 radical (unpaired) electrons. The van der Waals surface area contributed by atoms with Gasteiger partial charge >= 0.3 is 0 Å². The van der Waals surface area contributed by atoms with Crippen molar-refractivity contribution in [3.63, 3.8) is 0 Å². The highest BCUT2D eigenvalue weighted by atomic mass is 35.5. The van der Waals surface area contributed by atoms with Gasteiger partial charge < -0.3 is 5.73 Å². The quantitative estimate of drug-likeness (QED) is 0.763. The van der Waals surface area contributed by atoms with Crippen LogP contribution in [0, 0.1) is 0 Å². The van der Waals surface area contributed by atoms with Crippen molar-refractivity contribution in [2.45, 2.75) is 32.7 Å². The summed E-state index contributed by atoms with van der Waals surface area (Å²) in [7, 11) is 0. The molecule has 2 N–H and O–H groups in total. The Morgan fingerprint density at radius 1 is 1.42 bits per heavy atom. The Balaban J connectivity index is 0.00000121. The lowest BCUT2D eigenvalue weighted by atomic mass is 9.96. The van der Waals surface area contributed by atoms with E-state index in [4.69, 9.17) is 5.73 Å². The first-order chi connectivity index (χ1) is 5.04. The van der Waals surface area contributed by atoms with Crippen molar-refractivity contribution in [2.75, 3.05) is 0 Å². The smallest absolute Gasteiger partial charge is 0.147 e. The summed E-state index contributed by atoms with van der Waals surface area (Å²) >= 11 is 1.39. The highest BCUT2D eigenvalue weighted by Crippen LogP contribution is 2.19. The fraction of sp³-hybridized carbons (Fsp3) is 0.714. The molecule has 3 nitrogen and oxygen atoms in total. The maximum Gasteiger partial charge on any atom is 0.147 e. The van der Waals surface area contributed by atoms with Crippen molar-refractivity contribution in [3.05, 3.63) is 10.8 Å². The van der Waals surface area contributed by atoms with Crippen molar-refractivity contribution in [3.8, 4) is 0 Å².